The van der Waals surface area contributed by atoms with E-state index in [1.807, 2.05) is 4.83 Å². The normalized spacial score (nSPS) is 11.2. The Morgan fingerprint density at radius 2 is 1.83 bits per heavy atom. The second kappa shape index (κ2) is 6.18. The lowest BCUT2D eigenvalue weighted by Crippen LogP contribution is -2.41. The van der Waals surface area contributed by atoms with Gasteiger partial charge in [-0.2, -0.15) is 0 Å². The Kier molecular flexibility index (Phi) is 4.48. The summed E-state index contributed by atoms with van der Waals surface area (Å²) >= 11 is 0. The first kappa shape index (κ1) is 16.6. The van der Waals surface area contributed by atoms with Gasteiger partial charge < -0.3 is 4.42 Å². The van der Waals surface area contributed by atoms with Gasteiger partial charge in [-0.15, -0.1) is 4.83 Å². The number of sulfonamides is 1. The van der Waals surface area contributed by atoms with Gasteiger partial charge in [0, 0.05) is 12.1 Å². The quantitative estimate of drug-likeness (QED) is 0.625. The van der Waals surface area contributed by atoms with Gasteiger partial charge in [0.1, 0.15) is 11.5 Å². The summed E-state index contributed by atoms with van der Waals surface area (Å²) in [6.45, 7) is 3.23. The number of nitro groups is 1. The molecule has 1 amide bonds. The maximum Gasteiger partial charge on any atom is 0.269 e. The van der Waals surface area contributed by atoms with E-state index in [9.17, 15) is 23.3 Å². The Hall–Kier alpha value is -2.72. The van der Waals surface area contributed by atoms with Gasteiger partial charge in [-0.25, -0.2) is 8.42 Å². The minimum atomic E-state index is -4.05. The largest absolute Gasteiger partial charge is 0.466 e. The number of aryl methyl sites for hydroxylation is 2. The molecule has 9 nitrogen and oxygen atoms in total. The molecule has 10 heteroatoms. The highest BCUT2D eigenvalue weighted by atomic mass is 32.2. The monoisotopic (exact) mass is 339 g/mol. The molecule has 0 aliphatic heterocycles. The van der Waals surface area contributed by atoms with Crippen LogP contribution >= 0.6 is 0 Å². The molecule has 1 heterocycles. The Morgan fingerprint density at radius 1 is 1.22 bits per heavy atom. The molecular weight excluding hydrogens is 326 g/mol. The molecule has 0 unspecified atom stereocenters. The fraction of sp³-hybridized carbons (Fsp3) is 0.154. The van der Waals surface area contributed by atoms with E-state index in [2.05, 4.69) is 5.43 Å². The number of furan rings is 1. The first-order chi connectivity index (χ1) is 10.7. The van der Waals surface area contributed by atoms with Gasteiger partial charge in [-0.3, -0.25) is 20.3 Å². The van der Waals surface area contributed by atoms with Gasteiger partial charge in [-0.05, 0) is 32.0 Å². The van der Waals surface area contributed by atoms with Crippen LogP contribution in [0, 0.1) is 24.0 Å². The van der Waals surface area contributed by atoms with Crippen molar-refractivity contribution in [2.24, 2.45) is 0 Å². The number of amides is 1. The molecule has 2 rings (SSSR count). The lowest BCUT2D eigenvalue weighted by atomic mass is 10.2. The van der Waals surface area contributed by atoms with Crippen molar-refractivity contribution >= 4 is 21.6 Å². The van der Waals surface area contributed by atoms with Gasteiger partial charge in [0.05, 0.1) is 15.4 Å². The van der Waals surface area contributed by atoms with Crippen LogP contribution in [0.25, 0.3) is 0 Å². The second-order valence-electron chi connectivity index (χ2n) is 4.64. The van der Waals surface area contributed by atoms with Gasteiger partial charge in [0.15, 0.2) is 0 Å². The van der Waals surface area contributed by atoms with Gasteiger partial charge in [0.25, 0.3) is 21.6 Å². The summed E-state index contributed by atoms with van der Waals surface area (Å²) in [5, 5.41) is 10.5. The Balaban J connectivity index is 2.11. The van der Waals surface area contributed by atoms with Crippen LogP contribution in [0.2, 0.25) is 0 Å². The third kappa shape index (κ3) is 3.73. The Morgan fingerprint density at radius 3 is 2.30 bits per heavy atom. The summed E-state index contributed by atoms with van der Waals surface area (Å²) in [5.74, 6) is 0.199. The molecule has 2 aromatic rings. The zero-order valence-electron chi connectivity index (χ0n) is 12.2. The van der Waals surface area contributed by atoms with Crippen LogP contribution in [0.3, 0.4) is 0 Å². The molecule has 0 bridgehead atoms. The van der Waals surface area contributed by atoms with Gasteiger partial charge in [-0.1, -0.05) is 0 Å². The van der Waals surface area contributed by atoms with Gasteiger partial charge in [0.2, 0.25) is 0 Å². The molecule has 0 aliphatic rings. The molecule has 0 saturated carbocycles. The number of carbonyl (C=O) groups excluding carboxylic acids is 1. The summed E-state index contributed by atoms with van der Waals surface area (Å²) in [7, 11) is -4.05. The van der Waals surface area contributed by atoms with Crippen LogP contribution in [0.1, 0.15) is 21.9 Å². The predicted molar refractivity (Wildman–Crippen MR) is 79.1 cm³/mol. The first-order valence-corrected chi connectivity index (χ1v) is 7.82. The van der Waals surface area contributed by atoms with Crippen LogP contribution in [0.15, 0.2) is 39.6 Å². The van der Waals surface area contributed by atoms with E-state index in [1.54, 1.807) is 13.8 Å². The fourth-order valence-corrected chi connectivity index (χ4v) is 2.68. The molecule has 0 atom stereocenters. The standard InChI is InChI=1S/C13H13N3O6S/c1-8-7-12(9(2)22-8)13(17)14-15-23(20,21)11-5-3-10(4-6-11)16(18)19/h3-7,15H,1-2H3,(H,14,17). The van der Waals surface area contributed by atoms with Crippen molar-refractivity contribution in [1.29, 1.82) is 0 Å². The van der Waals surface area contributed by atoms with E-state index < -0.39 is 20.9 Å². The van der Waals surface area contributed by atoms with Crippen molar-refractivity contribution < 1.29 is 22.6 Å². The molecule has 1 aromatic carbocycles. The Labute approximate surface area is 131 Å². The lowest BCUT2D eigenvalue weighted by Gasteiger charge is -2.07. The predicted octanol–water partition coefficient (Wildman–Crippen LogP) is 1.43. The van der Waals surface area contributed by atoms with Crippen LogP contribution in [-0.4, -0.2) is 19.2 Å². The number of hydrogen-bond donors (Lipinski definition) is 2. The molecule has 0 aliphatic carbocycles. The molecule has 1 aromatic heterocycles. The van der Waals surface area contributed by atoms with Crippen LogP contribution in [-0.2, 0) is 10.0 Å². The minimum Gasteiger partial charge on any atom is -0.466 e. The summed E-state index contributed by atoms with van der Waals surface area (Å²) in [6.07, 6.45) is 0. The maximum atomic E-state index is 12.0. The highest BCUT2D eigenvalue weighted by Crippen LogP contribution is 2.16. The number of nitrogens with zero attached hydrogens (tertiary/aromatic N) is 1. The van der Waals surface area contributed by atoms with Crippen LogP contribution in [0.4, 0.5) is 5.69 Å². The highest BCUT2D eigenvalue weighted by Gasteiger charge is 2.19. The minimum absolute atomic E-state index is 0.203. The number of hydrogen-bond acceptors (Lipinski definition) is 6. The lowest BCUT2D eigenvalue weighted by molar-refractivity contribution is -0.384. The van der Waals surface area contributed by atoms with Crippen molar-refractivity contribution in [2.45, 2.75) is 18.7 Å². The van der Waals surface area contributed by atoms with E-state index in [4.69, 9.17) is 4.42 Å². The molecule has 122 valence electrons. The van der Waals surface area contributed by atoms with E-state index in [1.165, 1.54) is 6.07 Å². The summed E-state index contributed by atoms with van der Waals surface area (Å²) in [6, 6.07) is 5.73. The topological polar surface area (TPSA) is 132 Å². The van der Waals surface area contributed by atoms with E-state index >= 15 is 0 Å². The smallest absolute Gasteiger partial charge is 0.269 e. The first-order valence-electron chi connectivity index (χ1n) is 6.34. The van der Waals surface area contributed by atoms with Gasteiger partial charge >= 0.3 is 0 Å². The number of benzene rings is 1. The molecular formula is C13H13N3O6S. The number of rotatable bonds is 5. The van der Waals surface area contributed by atoms with Crippen molar-refractivity contribution in [3.63, 3.8) is 0 Å². The fourth-order valence-electron chi connectivity index (χ4n) is 1.84. The number of nitrogens with one attached hydrogen (secondary N) is 2. The number of carbonyl (C=O) groups is 1. The number of hydrazine groups is 1. The molecule has 0 fully saturated rings. The zero-order valence-corrected chi connectivity index (χ0v) is 13.0. The van der Waals surface area contributed by atoms with Crippen molar-refractivity contribution in [3.8, 4) is 0 Å². The Bertz CT molecular complexity index is 854. The SMILES string of the molecule is Cc1cc(C(=O)NNS(=O)(=O)c2ccc([N+](=O)[O-])cc2)c(C)o1. The summed E-state index contributed by atoms with van der Waals surface area (Å²) < 4.78 is 29.2. The van der Waals surface area contributed by atoms with Crippen molar-refractivity contribution in [2.75, 3.05) is 0 Å². The third-order valence-corrected chi connectivity index (χ3v) is 4.21. The summed E-state index contributed by atoms with van der Waals surface area (Å²) in [4.78, 5) is 23.5. The highest BCUT2D eigenvalue weighted by molar-refractivity contribution is 7.89. The number of non-ortho nitro benzene ring substituents is 1. The molecule has 2 N–H and O–H groups in total. The van der Waals surface area contributed by atoms with E-state index in [0.717, 1.165) is 24.3 Å². The van der Waals surface area contributed by atoms with Crippen LogP contribution < -0.4 is 10.3 Å². The maximum absolute atomic E-state index is 12.0. The summed E-state index contributed by atoms with van der Waals surface area (Å²) in [5.41, 5.74) is 2.02. The van der Waals surface area contributed by atoms with Crippen molar-refractivity contribution in [3.05, 3.63) is 57.5 Å². The molecule has 0 radical (unpaired) electrons. The third-order valence-electron chi connectivity index (χ3n) is 2.94. The molecule has 0 saturated heterocycles. The average Bonchev–Trinajstić information content (AvgIpc) is 2.83. The second-order valence-corrected chi connectivity index (χ2v) is 6.32. The van der Waals surface area contributed by atoms with E-state index in [-0.39, 0.29) is 16.1 Å². The average molecular weight is 339 g/mol. The molecule has 0 spiro atoms. The zero-order chi connectivity index (χ0) is 17.2. The van der Waals surface area contributed by atoms with Crippen molar-refractivity contribution in [1.82, 2.24) is 10.3 Å². The van der Waals surface area contributed by atoms with E-state index in [0.29, 0.717) is 11.5 Å². The van der Waals surface area contributed by atoms with Crippen LogP contribution in [0.5, 0.6) is 0 Å². The molecule has 23 heavy (non-hydrogen) atoms. The number of nitro benzene ring substituents is 1.